The van der Waals surface area contributed by atoms with Crippen LogP contribution in [0.1, 0.15) is 65.4 Å². The van der Waals surface area contributed by atoms with Crippen molar-refractivity contribution in [2.24, 2.45) is 0 Å². The van der Waals surface area contributed by atoms with E-state index in [2.05, 4.69) is 52.3 Å². The van der Waals surface area contributed by atoms with E-state index in [1.807, 2.05) is 91.0 Å². The molecule has 58 heavy (non-hydrogen) atoms. The first kappa shape index (κ1) is 41.2. The Bertz CT molecular complexity index is 2200. The highest BCUT2D eigenvalue weighted by atomic mass is 32.2. The summed E-state index contributed by atoms with van der Waals surface area (Å²) in [5.74, 6) is -0.957. The summed E-state index contributed by atoms with van der Waals surface area (Å²) in [7, 11) is 0. The maximum atomic E-state index is 14.4. The maximum Gasteiger partial charge on any atom is 0.408 e. The lowest BCUT2D eigenvalue weighted by Gasteiger charge is -2.36. The zero-order valence-electron chi connectivity index (χ0n) is 32.8. The number of ketones is 1. The van der Waals surface area contributed by atoms with Crippen LogP contribution >= 0.6 is 11.8 Å². The molecule has 6 aromatic carbocycles. The molecule has 3 N–H and O–H groups in total. The molecule has 0 aromatic heterocycles. The van der Waals surface area contributed by atoms with Crippen LogP contribution < -0.4 is 16.0 Å². The first-order chi connectivity index (χ1) is 28.0. The summed E-state index contributed by atoms with van der Waals surface area (Å²) < 4.78 is 4.86. The van der Waals surface area contributed by atoms with Gasteiger partial charge in [0.25, 0.3) is 0 Å². The van der Waals surface area contributed by atoms with Crippen LogP contribution in [0.3, 0.4) is 0 Å². The molecule has 8 nitrogen and oxygen atoms in total. The van der Waals surface area contributed by atoms with Crippen LogP contribution in [-0.2, 0) is 25.5 Å². The summed E-state index contributed by atoms with van der Waals surface area (Å²) in [4.78, 5) is 54.9. The molecule has 0 bridgehead atoms. The van der Waals surface area contributed by atoms with Crippen LogP contribution in [0.5, 0.6) is 0 Å². The molecule has 3 amide bonds. The number of thioether (sulfide) groups is 1. The summed E-state index contributed by atoms with van der Waals surface area (Å²) in [6, 6.07) is 52.4. The number of ether oxygens (including phenoxy) is 1. The van der Waals surface area contributed by atoms with Crippen LogP contribution in [0.25, 0.3) is 0 Å². The van der Waals surface area contributed by atoms with Crippen molar-refractivity contribution >= 4 is 46.8 Å². The van der Waals surface area contributed by atoms with Gasteiger partial charge in [0.1, 0.15) is 11.6 Å². The predicted molar refractivity (Wildman–Crippen MR) is 233 cm³/mol. The van der Waals surface area contributed by atoms with Crippen molar-refractivity contribution in [3.63, 3.8) is 0 Å². The Morgan fingerprint density at radius 1 is 0.621 bits per heavy atom. The number of amides is 3. The topological polar surface area (TPSA) is 114 Å². The molecule has 9 heteroatoms. The van der Waals surface area contributed by atoms with E-state index in [9.17, 15) is 19.2 Å². The third-order valence-electron chi connectivity index (χ3n) is 9.34. The number of benzene rings is 6. The third-order valence-corrected chi connectivity index (χ3v) is 11.0. The number of hydrogen-bond donors (Lipinski definition) is 3. The van der Waals surface area contributed by atoms with Gasteiger partial charge in [0.05, 0.1) is 10.4 Å². The summed E-state index contributed by atoms with van der Waals surface area (Å²) in [5.41, 5.74) is 4.48. The van der Waals surface area contributed by atoms with E-state index in [1.165, 1.54) is 11.8 Å². The fourth-order valence-corrected chi connectivity index (χ4v) is 8.18. The molecule has 0 saturated heterocycles. The quantitative estimate of drug-likeness (QED) is 0.0705. The van der Waals surface area contributed by atoms with Crippen molar-refractivity contribution in [2.75, 3.05) is 16.4 Å². The summed E-state index contributed by atoms with van der Waals surface area (Å²) in [5, 5.41) is 8.70. The van der Waals surface area contributed by atoms with Gasteiger partial charge in [-0.15, -0.1) is 11.8 Å². The molecular weight excluding hydrogens is 743 g/mol. The Hall–Kier alpha value is -6.45. The molecule has 6 rings (SSSR count). The lowest BCUT2D eigenvalue weighted by atomic mass is 9.84. The number of alkyl carbamates (subject to hydrolysis) is 1. The molecule has 0 radical (unpaired) electrons. The minimum Gasteiger partial charge on any atom is -0.444 e. The number of rotatable bonds is 15. The van der Waals surface area contributed by atoms with Gasteiger partial charge in [-0.2, -0.15) is 0 Å². The second-order valence-corrected chi connectivity index (χ2v) is 16.0. The summed E-state index contributed by atoms with van der Waals surface area (Å²) >= 11 is 1.52. The highest BCUT2D eigenvalue weighted by Crippen LogP contribution is 2.48. The largest absolute Gasteiger partial charge is 0.444 e. The van der Waals surface area contributed by atoms with Gasteiger partial charge >= 0.3 is 6.09 Å². The van der Waals surface area contributed by atoms with E-state index in [1.54, 1.807) is 63.2 Å². The highest BCUT2D eigenvalue weighted by Gasteiger charge is 2.39. The zero-order chi connectivity index (χ0) is 41.0. The normalized spacial score (nSPS) is 11.8. The Kier molecular flexibility index (Phi) is 13.6. The van der Waals surface area contributed by atoms with Gasteiger partial charge in [0, 0.05) is 29.0 Å². The average molecular weight is 790 g/mol. The average Bonchev–Trinajstić information content (AvgIpc) is 3.24. The monoisotopic (exact) mass is 789 g/mol. The third kappa shape index (κ3) is 10.7. The van der Waals surface area contributed by atoms with Gasteiger partial charge in [-0.05, 0) is 67.6 Å². The van der Waals surface area contributed by atoms with E-state index >= 15 is 0 Å². The number of anilines is 2. The SMILES string of the molecule is CC(C)(C)OC(=O)N[C@@H](CSC(c1ccccc1)(c1ccccc1)c1ccccc1)C(=O)Nc1ccc(NC(=O)CCc2ccccc2)c(C(=O)c2ccccc2)c1. The van der Waals surface area contributed by atoms with E-state index in [4.69, 9.17) is 4.74 Å². The molecule has 0 aliphatic rings. The molecule has 0 saturated carbocycles. The van der Waals surface area contributed by atoms with Crippen LogP contribution in [0.2, 0.25) is 0 Å². The highest BCUT2D eigenvalue weighted by molar-refractivity contribution is 8.00. The smallest absolute Gasteiger partial charge is 0.408 e. The number of aryl methyl sites for hydroxylation is 1. The molecule has 6 aromatic rings. The number of nitrogens with one attached hydrogen (secondary N) is 3. The molecule has 1 atom stereocenters. The van der Waals surface area contributed by atoms with Crippen LogP contribution in [-0.4, -0.2) is 41.1 Å². The molecule has 0 unspecified atom stereocenters. The number of hydrogen-bond acceptors (Lipinski definition) is 6. The van der Waals surface area contributed by atoms with Crippen LogP contribution in [0.15, 0.2) is 170 Å². The van der Waals surface area contributed by atoms with Crippen molar-refractivity contribution in [1.29, 1.82) is 0 Å². The van der Waals surface area contributed by atoms with Crippen LogP contribution in [0.4, 0.5) is 16.2 Å². The van der Waals surface area contributed by atoms with E-state index in [-0.39, 0.29) is 29.4 Å². The predicted octanol–water partition coefficient (Wildman–Crippen LogP) is 10.0. The van der Waals surface area contributed by atoms with Crippen molar-refractivity contribution < 1.29 is 23.9 Å². The first-order valence-electron chi connectivity index (χ1n) is 19.2. The molecule has 0 spiro atoms. The second kappa shape index (κ2) is 19.1. The summed E-state index contributed by atoms with van der Waals surface area (Å²) in [6.45, 7) is 5.28. The Morgan fingerprint density at radius 2 is 1.12 bits per heavy atom. The molecule has 294 valence electrons. The molecular formula is C49H47N3O5S. The van der Waals surface area contributed by atoms with E-state index < -0.39 is 28.4 Å². The second-order valence-electron chi connectivity index (χ2n) is 14.8. The van der Waals surface area contributed by atoms with E-state index in [0.717, 1.165) is 22.3 Å². The first-order valence-corrected chi connectivity index (χ1v) is 20.2. The Labute approximate surface area is 344 Å². The lowest BCUT2D eigenvalue weighted by molar-refractivity contribution is -0.118. The van der Waals surface area contributed by atoms with Crippen molar-refractivity contribution in [2.45, 2.75) is 50.0 Å². The Balaban J connectivity index is 1.32. The minimum absolute atomic E-state index is 0.134. The number of carbonyl (C=O) groups is 4. The van der Waals surface area contributed by atoms with E-state index in [0.29, 0.717) is 23.4 Å². The van der Waals surface area contributed by atoms with Gasteiger partial charge in [-0.1, -0.05) is 152 Å². The van der Waals surface area contributed by atoms with Crippen molar-refractivity contribution in [3.8, 4) is 0 Å². The molecule has 0 aliphatic carbocycles. The standard InChI is InChI=1S/C49H47N3O5S/c1-48(2,3)57-47(56)52-43(34-58-49(37-23-13-6-14-24-37,38-25-15-7-16-26-38)39-27-17-8-18-28-39)46(55)50-40-30-31-42(41(33-40)45(54)36-21-11-5-12-22-36)51-44(53)32-29-35-19-9-4-10-20-35/h4-28,30-31,33,43H,29,32,34H2,1-3H3,(H,50,55)(H,51,53)(H,52,56)/t43-/m0/s1. The van der Waals surface area contributed by atoms with Gasteiger partial charge in [-0.25, -0.2) is 4.79 Å². The lowest BCUT2D eigenvalue weighted by Crippen LogP contribution is -2.48. The van der Waals surface area contributed by atoms with Gasteiger partial charge < -0.3 is 20.7 Å². The van der Waals surface area contributed by atoms with Gasteiger partial charge in [0.2, 0.25) is 11.8 Å². The van der Waals surface area contributed by atoms with Crippen molar-refractivity contribution in [3.05, 3.63) is 203 Å². The van der Waals surface area contributed by atoms with Crippen molar-refractivity contribution in [1.82, 2.24) is 5.32 Å². The molecule has 0 heterocycles. The Morgan fingerprint density at radius 3 is 1.64 bits per heavy atom. The van der Waals surface area contributed by atoms with Crippen LogP contribution in [0, 0.1) is 0 Å². The van der Waals surface area contributed by atoms with Gasteiger partial charge in [0.15, 0.2) is 5.78 Å². The maximum absolute atomic E-state index is 14.4. The minimum atomic E-state index is -1.08. The summed E-state index contributed by atoms with van der Waals surface area (Å²) in [6.07, 6.45) is 0.00652. The fourth-order valence-electron chi connectivity index (χ4n) is 6.62. The zero-order valence-corrected chi connectivity index (χ0v) is 33.6. The molecule has 0 fully saturated rings. The number of carbonyl (C=O) groups excluding carboxylic acids is 4. The molecule has 0 aliphatic heterocycles. The fraction of sp³-hybridized carbons (Fsp3) is 0.184. The van der Waals surface area contributed by atoms with Gasteiger partial charge in [-0.3, -0.25) is 14.4 Å².